The molecule has 3 rings (SSSR count). The van der Waals surface area contributed by atoms with Crippen molar-refractivity contribution in [2.75, 3.05) is 27.4 Å². The van der Waals surface area contributed by atoms with E-state index in [1.807, 2.05) is 12.1 Å². The zero-order valence-corrected chi connectivity index (χ0v) is 15.3. The maximum atomic E-state index is 13.1. The number of benzene rings is 2. The van der Waals surface area contributed by atoms with Crippen LogP contribution in [0.25, 0.3) is 0 Å². The van der Waals surface area contributed by atoms with Gasteiger partial charge in [-0.05, 0) is 47.9 Å². The quantitative estimate of drug-likeness (QED) is 0.798. The Bertz CT molecular complexity index is 827. The first-order valence-electron chi connectivity index (χ1n) is 8.11. The highest BCUT2D eigenvalue weighted by Crippen LogP contribution is 2.33. The lowest BCUT2D eigenvalue weighted by Gasteiger charge is -2.29. The van der Waals surface area contributed by atoms with Gasteiger partial charge in [0.05, 0.1) is 19.2 Å². The summed E-state index contributed by atoms with van der Waals surface area (Å²) in [6, 6.07) is 7.64. The second kappa shape index (κ2) is 7.83. The van der Waals surface area contributed by atoms with Crippen molar-refractivity contribution in [1.29, 1.82) is 0 Å². The summed E-state index contributed by atoms with van der Waals surface area (Å²) in [7, 11) is 3.18. The van der Waals surface area contributed by atoms with Crippen LogP contribution in [-0.4, -0.2) is 38.2 Å². The highest BCUT2D eigenvalue weighted by molar-refractivity contribution is 6.32. The summed E-state index contributed by atoms with van der Waals surface area (Å²) in [5.41, 5.74) is 2.15. The molecule has 1 amide bonds. The fourth-order valence-corrected chi connectivity index (χ4v) is 3.14. The summed E-state index contributed by atoms with van der Waals surface area (Å²) in [5, 5.41) is 0.138. The predicted molar refractivity (Wildman–Crippen MR) is 95.6 cm³/mol. The van der Waals surface area contributed by atoms with Gasteiger partial charge < -0.3 is 19.1 Å². The Morgan fingerprint density at radius 1 is 1.12 bits per heavy atom. The van der Waals surface area contributed by atoms with Crippen molar-refractivity contribution >= 4 is 17.5 Å². The molecule has 0 unspecified atom stereocenters. The van der Waals surface area contributed by atoms with Crippen molar-refractivity contribution in [1.82, 2.24) is 4.90 Å². The van der Waals surface area contributed by atoms with Crippen LogP contribution in [0.5, 0.6) is 17.2 Å². The molecule has 7 heteroatoms. The van der Waals surface area contributed by atoms with E-state index in [2.05, 4.69) is 0 Å². The summed E-state index contributed by atoms with van der Waals surface area (Å²) in [5.74, 6) is 0.983. The molecule has 0 aromatic heterocycles. The summed E-state index contributed by atoms with van der Waals surface area (Å²) in [6.45, 7) is 0.894. The molecule has 5 nitrogen and oxygen atoms in total. The molecule has 0 saturated carbocycles. The van der Waals surface area contributed by atoms with Gasteiger partial charge in [-0.25, -0.2) is 4.39 Å². The van der Waals surface area contributed by atoms with E-state index in [-0.39, 0.29) is 23.3 Å². The molecule has 0 bridgehead atoms. The molecule has 0 N–H and O–H groups in total. The topological polar surface area (TPSA) is 48.0 Å². The number of ether oxygens (including phenoxy) is 3. The van der Waals surface area contributed by atoms with Crippen LogP contribution in [0.2, 0.25) is 5.02 Å². The van der Waals surface area contributed by atoms with Crippen molar-refractivity contribution < 1.29 is 23.4 Å². The minimum absolute atomic E-state index is 0.138. The Morgan fingerprint density at radius 2 is 1.81 bits per heavy atom. The maximum absolute atomic E-state index is 13.1. The van der Waals surface area contributed by atoms with Gasteiger partial charge in [0.1, 0.15) is 11.6 Å². The van der Waals surface area contributed by atoms with Crippen LogP contribution in [0.4, 0.5) is 4.39 Å². The van der Waals surface area contributed by atoms with E-state index in [9.17, 15) is 9.18 Å². The Morgan fingerprint density at radius 3 is 2.46 bits per heavy atom. The molecule has 2 aromatic rings. The molecule has 0 aliphatic carbocycles. The number of amides is 1. The van der Waals surface area contributed by atoms with Crippen LogP contribution >= 0.6 is 11.6 Å². The molecule has 26 heavy (non-hydrogen) atoms. The fourth-order valence-electron chi connectivity index (χ4n) is 2.92. The lowest BCUT2D eigenvalue weighted by atomic mass is 9.99. The molecule has 1 aliphatic rings. The highest BCUT2D eigenvalue weighted by Gasteiger charge is 2.23. The predicted octanol–water partition coefficient (Wildman–Crippen LogP) is 3.46. The summed E-state index contributed by atoms with van der Waals surface area (Å²) in [4.78, 5) is 14.2. The molecule has 2 aromatic carbocycles. The largest absolute Gasteiger partial charge is 0.493 e. The Balaban J connectivity index is 1.67. The molecule has 138 valence electrons. The lowest BCUT2D eigenvalue weighted by molar-refractivity contribution is -0.134. The van der Waals surface area contributed by atoms with Crippen LogP contribution in [0.1, 0.15) is 11.1 Å². The van der Waals surface area contributed by atoms with Crippen molar-refractivity contribution in [2.24, 2.45) is 0 Å². The first kappa shape index (κ1) is 18.3. The lowest BCUT2D eigenvalue weighted by Crippen LogP contribution is -2.38. The average molecular weight is 380 g/mol. The number of methoxy groups -OCH3 is 2. The van der Waals surface area contributed by atoms with E-state index >= 15 is 0 Å². The smallest absolute Gasteiger partial charge is 0.260 e. The Labute approximate surface area is 156 Å². The van der Waals surface area contributed by atoms with Crippen molar-refractivity contribution in [3.8, 4) is 17.2 Å². The van der Waals surface area contributed by atoms with E-state index < -0.39 is 5.82 Å². The van der Waals surface area contributed by atoms with Crippen LogP contribution in [-0.2, 0) is 17.8 Å². The molecule has 0 atom stereocenters. The van der Waals surface area contributed by atoms with Crippen molar-refractivity contribution in [3.63, 3.8) is 0 Å². The molecule has 0 radical (unpaired) electrons. The maximum Gasteiger partial charge on any atom is 0.260 e. The first-order valence-corrected chi connectivity index (χ1v) is 8.49. The minimum Gasteiger partial charge on any atom is -0.493 e. The molecular formula is C19H19ClFNO4. The van der Waals surface area contributed by atoms with Crippen molar-refractivity contribution in [3.05, 3.63) is 52.3 Å². The molecule has 0 fully saturated rings. The van der Waals surface area contributed by atoms with Crippen LogP contribution < -0.4 is 14.2 Å². The number of carbonyl (C=O) groups is 1. The van der Waals surface area contributed by atoms with Gasteiger partial charge in [0, 0.05) is 13.1 Å². The van der Waals surface area contributed by atoms with Gasteiger partial charge in [0.2, 0.25) is 0 Å². The molecule has 1 heterocycles. The number of carbonyl (C=O) groups excluding carboxylic acids is 1. The number of fused-ring (bicyclic) bond motifs is 1. The van der Waals surface area contributed by atoms with Gasteiger partial charge in [0.25, 0.3) is 5.91 Å². The summed E-state index contributed by atoms with van der Waals surface area (Å²) in [6.07, 6.45) is 0.721. The zero-order valence-electron chi connectivity index (χ0n) is 14.6. The summed E-state index contributed by atoms with van der Waals surface area (Å²) < 4.78 is 29.1. The summed E-state index contributed by atoms with van der Waals surface area (Å²) >= 11 is 5.91. The molecular weight excluding hydrogens is 361 g/mol. The number of hydrogen-bond donors (Lipinski definition) is 0. The van der Waals surface area contributed by atoms with E-state index in [0.29, 0.717) is 24.6 Å². The fraction of sp³-hybridized carbons (Fsp3) is 0.316. The van der Waals surface area contributed by atoms with Gasteiger partial charge in [-0.3, -0.25) is 4.79 Å². The third-order valence-electron chi connectivity index (χ3n) is 4.32. The second-order valence-corrected chi connectivity index (χ2v) is 6.31. The van der Waals surface area contributed by atoms with E-state index in [1.54, 1.807) is 19.1 Å². The molecule has 1 aliphatic heterocycles. The van der Waals surface area contributed by atoms with E-state index in [4.69, 9.17) is 25.8 Å². The van der Waals surface area contributed by atoms with Gasteiger partial charge in [-0.15, -0.1) is 0 Å². The van der Waals surface area contributed by atoms with Crippen LogP contribution in [0.3, 0.4) is 0 Å². The number of rotatable bonds is 5. The minimum atomic E-state index is -0.453. The number of nitrogens with zero attached hydrogens (tertiary/aromatic N) is 1. The zero-order chi connectivity index (χ0) is 18.7. The third kappa shape index (κ3) is 3.85. The van der Waals surface area contributed by atoms with Gasteiger partial charge in [-0.1, -0.05) is 11.6 Å². The number of hydrogen-bond acceptors (Lipinski definition) is 4. The van der Waals surface area contributed by atoms with Crippen LogP contribution in [0.15, 0.2) is 30.3 Å². The first-order chi connectivity index (χ1) is 12.5. The van der Waals surface area contributed by atoms with Crippen molar-refractivity contribution in [2.45, 2.75) is 13.0 Å². The van der Waals surface area contributed by atoms with Crippen LogP contribution in [0, 0.1) is 5.82 Å². The van der Waals surface area contributed by atoms with Gasteiger partial charge in [0.15, 0.2) is 18.1 Å². The molecule has 0 saturated heterocycles. The van der Waals surface area contributed by atoms with E-state index in [0.717, 1.165) is 23.6 Å². The second-order valence-electron chi connectivity index (χ2n) is 5.90. The monoisotopic (exact) mass is 379 g/mol. The Kier molecular flexibility index (Phi) is 5.52. The number of halogens is 2. The third-order valence-corrected chi connectivity index (χ3v) is 4.61. The standard InChI is InChI=1S/C19H19ClFNO4/c1-24-17-7-12-5-6-22(10-13(12)8-18(17)25-2)19(23)11-26-16-4-3-14(21)9-15(16)20/h3-4,7-9H,5-6,10-11H2,1-2H3. The van der Waals surface area contributed by atoms with Gasteiger partial charge in [-0.2, -0.15) is 0 Å². The van der Waals surface area contributed by atoms with E-state index in [1.165, 1.54) is 12.1 Å². The average Bonchev–Trinajstić information content (AvgIpc) is 2.65. The SMILES string of the molecule is COc1cc2c(cc1OC)CN(C(=O)COc1ccc(F)cc1Cl)CC2. The normalized spacial score (nSPS) is 13.2. The highest BCUT2D eigenvalue weighted by atomic mass is 35.5. The van der Waals surface area contributed by atoms with Gasteiger partial charge >= 0.3 is 0 Å². The Hall–Kier alpha value is -2.47. The molecule has 0 spiro atoms.